The van der Waals surface area contributed by atoms with Gasteiger partial charge in [0.15, 0.2) is 0 Å². The van der Waals surface area contributed by atoms with Crippen LogP contribution in [0.4, 0.5) is 0 Å². The molecule has 1 fully saturated rings. The lowest BCUT2D eigenvalue weighted by Gasteiger charge is -2.28. The SMILES string of the molecule is O=C(O)[C@@H](CC(=O)N1CCOCC1)NS(=O)(=O)Cc1ccccc1. The number of morpholine rings is 1. The van der Waals surface area contributed by atoms with Gasteiger partial charge in [0.05, 0.1) is 25.4 Å². The molecule has 8 nitrogen and oxygen atoms in total. The van der Waals surface area contributed by atoms with Gasteiger partial charge in [0.2, 0.25) is 15.9 Å². The number of aliphatic carboxylic acids is 1. The Morgan fingerprint density at radius 2 is 1.83 bits per heavy atom. The van der Waals surface area contributed by atoms with E-state index in [1.807, 2.05) is 0 Å². The van der Waals surface area contributed by atoms with Gasteiger partial charge in [-0.2, -0.15) is 0 Å². The molecule has 1 saturated heterocycles. The summed E-state index contributed by atoms with van der Waals surface area (Å²) in [5, 5.41) is 9.23. The van der Waals surface area contributed by atoms with Crippen LogP contribution in [-0.4, -0.2) is 62.6 Å². The maximum Gasteiger partial charge on any atom is 0.322 e. The lowest BCUT2D eigenvalue weighted by atomic mass is 10.2. The van der Waals surface area contributed by atoms with E-state index in [9.17, 15) is 23.1 Å². The van der Waals surface area contributed by atoms with Gasteiger partial charge in [-0.25, -0.2) is 13.1 Å². The minimum atomic E-state index is -3.88. The van der Waals surface area contributed by atoms with Crippen LogP contribution in [0.1, 0.15) is 12.0 Å². The quantitative estimate of drug-likeness (QED) is 0.700. The molecule has 1 aromatic rings. The van der Waals surface area contributed by atoms with Gasteiger partial charge in [-0.1, -0.05) is 30.3 Å². The van der Waals surface area contributed by atoms with Crippen LogP contribution in [0.15, 0.2) is 30.3 Å². The zero-order chi connectivity index (χ0) is 17.6. The first-order valence-electron chi connectivity index (χ1n) is 7.49. The standard InChI is InChI=1S/C15H20N2O6S/c18-14(17-6-8-23-9-7-17)10-13(15(19)20)16-24(21,22)11-12-4-2-1-3-5-12/h1-5,13,16H,6-11H2,(H,19,20)/t13-/m1/s1. The molecule has 1 aliphatic rings. The highest BCUT2D eigenvalue weighted by atomic mass is 32.2. The van der Waals surface area contributed by atoms with E-state index >= 15 is 0 Å². The highest BCUT2D eigenvalue weighted by Gasteiger charge is 2.29. The summed E-state index contributed by atoms with van der Waals surface area (Å²) in [4.78, 5) is 24.9. The third kappa shape index (κ3) is 5.59. The second-order valence-electron chi connectivity index (χ2n) is 5.45. The van der Waals surface area contributed by atoms with Crippen LogP contribution >= 0.6 is 0 Å². The van der Waals surface area contributed by atoms with Crippen molar-refractivity contribution in [2.24, 2.45) is 0 Å². The smallest absolute Gasteiger partial charge is 0.322 e. The molecule has 1 amide bonds. The Kier molecular flexibility index (Phi) is 6.29. The molecule has 2 rings (SSSR count). The number of rotatable bonds is 7. The molecule has 0 radical (unpaired) electrons. The Bertz CT molecular complexity index is 670. The highest BCUT2D eigenvalue weighted by molar-refractivity contribution is 7.88. The minimum absolute atomic E-state index is 0.344. The average molecular weight is 356 g/mol. The van der Waals surface area contributed by atoms with E-state index in [1.54, 1.807) is 30.3 Å². The van der Waals surface area contributed by atoms with Crippen molar-refractivity contribution < 1.29 is 27.9 Å². The number of carboxylic acids is 1. The first-order valence-corrected chi connectivity index (χ1v) is 9.15. The normalized spacial score (nSPS) is 16.6. The van der Waals surface area contributed by atoms with Gasteiger partial charge in [-0.05, 0) is 5.56 Å². The van der Waals surface area contributed by atoms with Gasteiger partial charge < -0.3 is 14.7 Å². The maximum atomic E-state index is 12.2. The summed E-state index contributed by atoms with van der Waals surface area (Å²) in [6.07, 6.45) is -0.427. The van der Waals surface area contributed by atoms with E-state index in [2.05, 4.69) is 4.72 Å². The van der Waals surface area contributed by atoms with Crippen LogP contribution in [0.5, 0.6) is 0 Å². The summed E-state index contributed by atoms with van der Waals surface area (Å²) in [6, 6.07) is 6.92. The molecule has 0 aliphatic carbocycles. The van der Waals surface area contributed by atoms with E-state index in [-0.39, 0.29) is 5.75 Å². The molecular formula is C15H20N2O6S. The lowest BCUT2D eigenvalue weighted by Crippen LogP contribution is -2.47. The molecule has 1 aliphatic heterocycles. The van der Waals surface area contributed by atoms with Crippen molar-refractivity contribution in [3.05, 3.63) is 35.9 Å². The first kappa shape index (κ1) is 18.4. The third-order valence-corrected chi connectivity index (χ3v) is 4.92. The van der Waals surface area contributed by atoms with Crippen LogP contribution in [-0.2, 0) is 30.1 Å². The molecule has 0 aromatic heterocycles. The summed E-state index contributed by atoms with van der Waals surface area (Å²) in [6.45, 7) is 1.54. The van der Waals surface area contributed by atoms with E-state index in [4.69, 9.17) is 4.74 Å². The minimum Gasteiger partial charge on any atom is -0.480 e. The highest BCUT2D eigenvalue weighted by Crippen LogP contribution is 2.08. The van der Waals surface area contributed by atoms with E-state index in [1.165, 1.54) is 4.90 Å². The Morgan fingerprint density at radius 1 is 1.21 bits per heavy atom. The Labute approximate surface area is 140 Å². The van der Waals surface area contributed by atoms with Crippen molar-refractivity contribution in [2.45, 2.75) is 18.2 Å². The molecule has 9 heteroatoms. The van der Waals surface area contributed by atoms with Crippen LogP contribution in [0.2, 0.25) is 0 Å². The molecule has 0 saturated carbocycles. The summed E-state index contributed by atoms with van der Waals surface area (Å²) in [7, 11) is -3.88. The van der Waals surface area contributed by atoms with Crippen LogP contribution in [0.3, 0.4) is 0 Å². The van der Waals surface area contributed by atoms with E-state index < -0.39 is 34.4 Å². The Morgan fingerprint density at radius 3 is 2.42 bits per heavy atom. The van der Waals surface area contributed by atoms with Crippen LogP contribution in [0.25, 0.3) is 0 Å². The fourth-order valence-corrected chi connectivity index (χ4v) is 3.68. The number of hydrogen-bond acceptors (Lipinski definition) is 5. The zero-order valence-electron chi connectivity index (χ0n) is 13.1. The number of sulfonamides is 1. The molecule has 132 valence electrons. The van der Waals surface area contributed by atoms with Gasteiger partial charge >= 0.3 is 5.97 Å². The summed E-state index contributed by atoms with van der Waals surface area (Å²) in [5.74, 6) is -2.13. The molecule has 0 unspecified atom stereocenters. The number of hydrogen-bond donors (Lipinski definition) is 2. The van der Waals surface area contributed by atoms with Crippen molar-refractivity contribution in [3.63, 3.8) is 0 Å². The number of benzene rings is 1. The van der Waals surface area contributed by atoms with E-state index in [0.717, 1.165) is 0 Å². The van der Waals surface area contributed by atoms with Gasteiger partial charge in [0.1, 0.15) is 6.04 Å². The molecule has 2 N–H and O–H groups in total. The lowest BCUT2D eigenvalue weighted by molar-refractivity contribution is -0.144. The number of carbonyl (C=O) groups is 2. The number of amides is 1. The van der Waals surface area contributed by atoms with Crippen molar-refractivity contribution in [3.8, 4) is 0 Å². The molecule has 1 atom stereocenters. The Hall–Kier alpha value is -1.97. The van der Waals surface area contributed by atoms with E-state index in [0.29, 0.717) is 31.9 Å². The van der Waals surface area contributed by atoms with Gasteiger partial charge in [0, 0.05) is 13.1 Å². The topological polar surface area (TPSA) is 113 Å². The fraction of sp³-hybridized carbons (Fsp3) is 0.467. The predicted octanol–water partition coefficient (Wildman–Crippen LogP) is -0.192. The maximum absolute atomic E-state index is 12.2. The number of nitrogens with zero attached hydrogens (tertiary/aromatic N) is 1. The molecule has 1 heterocycles. The average Bonchev–Trinajstić information content (AvgIpc) is 2.55. The molecular weight excluding hydrogens is 336 g/mol. The molecule has 1 aromatic carbocycles. The predicted molar refractivity (Wildman–Crippen MR) is 85.6 cm³/mol. The summed E-state index contributed by atoms with van der Waals surface area (Å²) < 4.78 is 31.5. The second-order valence-corrected chi connectivity index (χ2v) is 7.20. The van der Waals surface area contributed by atoms with Gasteiger partial charge in [-0.3, -0.25) is 9.59 Å². The molecule has 0 bridgehead atoms. The van der Waals surface area contributed by atoms with Crippen molar-refractivity contribution in [2.75, 3.05) is 26.3 Å². The number of carboxylic acid groups (broad SMARTS) is 1. The summed E-state index contributed by atoms with van der Waals surface area (Å²) in [5.41, 5.74) is 0.536. The summed E-state index contributed by atoms with van der Waals surface area (Å²) >= 11 is 0. The van der Waals surface area contributed by atoms with Crippen molar-refractivity contribution in [1.82, 2.24) is 9.62 Å². The number of carbonyl (C=O) groups excluding carboxylic acids is 1. The molecule has 24 heavy (non-hydrogen) atoms. The third-order valence-electron chi connectivity index (χ3n) is 3.56. The second kappa shape index (κ2) is 8.22. The first-order chi connectivity index (χ1) is 11.4. The number of ether oxygens (including phenoxy) is 1. The van der Waals surface area contributed by atoms with Crippen molar-refractivity contribution in [1.29, 1.82) is 0 Å². The number of nitrogens with one attached hydrogen (secondary N) is 1. The fourth-order valence-electron chi connectivity index (χ4n) is 2.35. The Balaban J connectivity index is 1.99. The van der Waals surface area contributed by atoms with Crippen LogP contribution < -0.4 is 4.72 Å². The van der Waals surface area contributed by atoms with Crippen molar-refractivity contribution >= 4 is 21.9 Å². The largest absolute Gasteiger partial charge is 0.480 e. The monoisotopic (exact) mass is 356 g/mol. The van der Waals surface area contributed by atoms with Gasteiger partial charge in [0.25, 0.3) is 0 Å². The van der Waals surface area contributed by atoms with Gasteiger partial charge in [-0.15, -0.1) is 0 Å². The molecule has 0 spiro atoms. The van der Waals surface area contributed by atoms with Crippen LogP contribution in [0, 0.1) is 0 Å². The zero-order valence-corrected chi connectivity index (χ0v) is 13.9.